The monoisotopic (exact) mass is 424 g/mol. The van der Waals surface area contributed by atoms with Crippen LogP contribution in [0.2, 0.25) is 0 Å². The van der Waals surface area contributed by atoms with Crippen molar-refractivity contribution < 1.29 is 24.2 Å². The van der Waals surface area contributed by atoms with E-state index in [0.717, 1.165) is 29.7 Å². The molecule has 1 aromatic rings. The fraction of sp³-hybridized carbons (Fsp3) is 0.538. The van der Waals surface area contributed by atoms with Crippen molar-refractivity contribution in [1.82, 2.24) is 0 Å². The van der Waals surface area contributed by atoms with E-state index in [9.17, 15) is 14.7 Å². The van der Waals surface area contributed by atoms with E-state index in [2.05, 4.69) is 17.9 Å². The summed E-state index contributed by atoms with van der Waals surface area (Å²) in [7, 11) is 1.40. The highest BCUT2D eigenvalue weighted by atomic mass is 16.5. The first kappa shape index (κ1) is 23.1. The standard InChI is InChI=1S/C26H32O5/c1-4-5-8-18(2)22(27)14-13-20-15-26(17-23(20)28)16-21-11-6-9-19(25(21)31-26)10-7-12-24(29)30-3/h6,9,11,13-14,18,20,23,28H,7-8,10,12,15-17H2,1-3H3/b14-13+/t18-,20+,23+,26-/m0/s1. The average Bonchev–Trinajstić information content (AvgIpc) is 3.27. The largest absolute Gasteiger partial charge is 0.486 e. The van der Waals surface area contributed by atoms with Gasteiger partial charge in [0.05, 0.1) is 13.2 Å². The Labute approximate surface area is 184 Å². The third-order valence-corrected chi connectivity index (χ3v) is 6.33. The van der Waals surface area contributed by atoms with Crippen LogP contribution in [0.4, 0.5) is 0 Å². The van der Waals surface area contributed by atoms with Crippen molar-refractivity contribution >= 4 is 11.8 Å². The van der Waals surface area contributed by atoms with Crippen LogP contribution in [0.3, 0.4) is 0 Å². The van der Waals surface area contributed by atoms with Crippen LogP contribution < -0.4 is 4.74 Å². The van der Waals surface area contributed by atoms with Crippen LogP contribution in [0, 0.1) is 23.7 Å². The molecule has 0 bridgehead atoms. The molecule has 5 heteroatoms. The molecule has 1 spiro atoms. The fourth-order valence-electron chi connectivity index (χ4n) is 4.57. The maximum atomic E-state index is 12.3. The molecule has 0 radical (unpaired) electrons. The zero-order chi connectivity index (χ0) is 22.4. The van der Waals surface area contributed by atoms with Crippen molar-refractivity contribution in [3.63, 3.8) is 0 Å². The fourth-order valence-corrected chi connectivity index (χ4v) is 4.57. The number of aliphatic hydroxyl groups excluding tert-OH is 1. The summed E-state index contributed by atoms with van der Waals surface area (Å²) < 4.78 is 11.2. The van der Waals surface area contributed by atoms with E-state index < -0.39 is 11.7 Å². The minimum absolute atomic E-state index is 0.0411. The van der Waals surface area contributed by atoms with E-state index in [4.69, 9.17) is 9.47 Å². The number of allylic oxidation sites excluding steroid dienone is 1. The Bertz CT molecular complexity index is 906. The van der Waals surface area contributed by atoms with Crippen molar-refractivity contribution in [1.29, 1.82) is 0 Å². The van der Waals surface area contributed by atoms with Gasteiger partial charge in [-0.3, -0.25) is 9.59 Å². The molecule has 0 saturated heterocycles. The summed E-state index contributed by atoms with van der Waals surface area (Å²) in [4.78, 5) is 23.7. The number of para-hydroxylation sites is 1. The molecule has 1 aliphatic heterocycles. The number of hydrogen-bond acceptors (Lipinski definition) is 5. The maximum Gasteiger partial charge on any atom is 0.305 e. The normalized spacial score (nSPS) is 25.0. The highest BCUT2D eigenvalue weighted by Crippen LogP contribution is 2.48. The lowest BCUT2D eigenvalue weighted by atomic mass is 9.93. The average molecular weight is 425 g/mol. The molecule has 166 valence electrons. The van der Waals surface area contributed by atoms with E-state index >= 15 is 0 Å². The topological polar surface area (TPSA) is 72.8 Å². The van der Waals surface area contributed by atoms with Crippen molar-refractivity contribution in [2.75, 3.05) is 7.11 Å². The highest BCUT2D eigenvalue weighted by Gasteiger charge is 2.49. The van der Waals surface area contributed by atoms with Crippen LogP contribution in [0.15, 0.2) is 30.4 Å². The highest BCUT2D eigenvalue weighted by molar-refractivity contribution is 5.91. The van der Waals surface area contributed by atoms with Gasteiger partial charge in [0.15, 0.2) is 5.78 Å². The van der Waals surface area contributed by atoms with Crippen molar-refractivity contribution in [2.45, 2.75) is 70.5 Å². The number of aliphatic hydroxyl groups is 1. The Morgan fingerprint density at radius 3 is 2.94 bits per heavy atom. The summed E-state index contributed by atoms with van der Waals surface area (Å²) >= 11 is 0. The predicted octanol–water partition coefficient (Wildman–Crippen LogP) is 3.80. The number of carbonyl (C=O) groups is 2. The molecule has 31 heavy (non-hydrogen) atoms. The van der Waals surface area contributed by atoms with Crippen molar-refractivity contribution in [3.05, 3.63) is 41.5 Å². The zero-order valence-corrected chi connectivity index (χ0v) is 18.6. The Balaban J connectivity index is 1.64. The van der Waals surface area contributed by atoms with Crippen molar-refractivity contribution in [3.8, 4) is 17.6 Å². The molecule has 4 atom stereocenters. The Morgan fingerprint density at radius 1 is 1.39 bits per heavy atom. The second-order valence-electron chi connectivity index (χ2n) is 8.73. The van der Waals surface area contributed by atoms with Crippen molar-refractivity contribution in [2.24, 2.45) is 11.8 Å². The number of hydrogen-bond donors (Lipinski definition) is 1. The van der Waals surface area contributed by atoms with Crippen LogP contribution in [0.25, 0.3) is 0 Å². The van der Waals surface area contributed by atoms with Crippen LogP contribution in [0.5, 0.6) is 5.75 Å². The molecule has 2 aliphatic rings. The van der Waals surface area contributed by atoms with E-state index in [-0.39, 0.29) is 23.6 Å². The molecule has 1 aromatic carbocycles. The lowest BCUT2D eigenvalue weighted by Crippen LogP contribution is -2.31. The summed E-state index contributed by atoms with van der Waals surface area (Å²) in [6.45, 7) is 3.65. The smallest absolute Gasteiger partial charge is 0.305 e. The van der Waals surface area contributed by atoms with E-state index in [0.29, 0.717) is 32.1 Å². The van der Waals surface area contributed by atoms with Gasteiger partial charge in [0.1, 0.15) is 11.4 Å². The van der Waals surface area contributed by atoms with Gasteiger partial charge >= 0.3 is 5.97 Å². The molecule has 3 rings (SSSR count). The Morgan fingerprint density at radius 2 is 2.19 bits per heavy atom. The SMILES string of the molecule is CC#CC[C@H](C)C(=O)/C=C/[C@@H]1C[C@]2(Cc3cccc(CCCC(=O)OC)c3O2)C[C@H]1O. The first-order chi connectivity index (χ1) is 14.9. The van der Waals surface area contributed by atoms with Crippen LogP contribution in [-0.2, 0) is 27.2 Å². The number of rotatable bonds is 8. The first-order valence-electron chi connectivity index (χ1n) is 11.0. The number of carbonyl (C=O) groups excluding carboxylic acids is 2. The third kappa shape index (κ3) is 5.57. The van der Waals surface area contributed by atoms with E-state index in [1.165, 1.54) is 7.11 Å². The maximum absolute atomic E-state index is 12.3. The molecule has 1 saturated carbocycles. The number of methoxy groups -OCH3 is 1. The van der Waals surface area contributed by atoms with Gasteiger partial charge in [0.25, 0.3) is 0 Å². The summed E-state index contributed by atoms with van der Waals surface area (Å²) in [6, 6.07) is 6.14. The van der Waals surface area contributed by atoms with Gasteiger partial charge in [-0.25, -0.2) is 0 Å². The van der Waals surface area contributed by atoms with Crippen LogP contribution >= 0.6 is 0 Å². The van der Waals surface area contributed by atoms with Gasteiger partial charge < -0.3 is 14.6 Å². The zero-order valence-electron chi connectivity index (χ0n) is 18.6. The number of ketones is 1. The second kappa shape index (κ2) is 10.2. The molecule has 1 heterocycles. The first-order valence-corrected chi connectivity index (χ1v) is 11.0. The molecule has 5 nitrogen and oxygen atoms in total. The summed E-state index contributed by atoms with van der Waals surface area (Å²) in [5.41, 5.74) is 1.81. The molecule has 1 N–H and O–H groups in total. The minimum atomic E-state index is -0.535. The van der Waals surface area contributed by atoms with Gasteiger partial charge in [0.2, 0.25) is 0 Å². The third-order valence-electron chi connectivity index (χ3n) is 6.33. The van der Waals surface area contributed by atoms with E-state index in [1.54, 1.807) is 13.0 Å². The summed E-state index contributed by atoms with van der Waals surface area (Å²) in [6.07, 6.45) is 7.28. The van der Waals surface area contributed by atoms with Gasteiger partial charge in [-0.1, -0.05) is 31.2 Å². The molecule has 1 fully saturated rings. The number of aryl methyl sites for hydroxylation is 1. The summed E-state index contributed by atoms with van der Waals surface area (Å²) in [5, 5.41) is 10.7. The van der Waals surface area contributed by atoms with Gasteiger partial charge in [-0.05, 0) is 43.4 Å². The Kier molecular flexibility index (Phi) is 7.56. The van der Waals surface area contributed by atoms with Gasteiger partial charge in [-0.2, -0.15) is 0 Å². The Hall–Kier alpha value is -2.58. The molecule has 0 amide bonds. The number of ether oxygens (including phenoxy) is 2. The van der Waals surface area contributed by atoms with Crippen LogP contribution in [0.1, 0.15) is 57.1 Å². The van der Waals surface area contributed by atoms with Crippen LogP contribution in [-0.4, -0.2) is 35.7 Å². The number of fused-ring (bicyclic) bond motifs is 1. The quantitative estimate of drug-likeness (QED) is 0.390. The van der Waals surface area contributed by atoms with Gasteiger partial charge in [-0.15, -0.1) is 11.8 Å². The molecule has 1 aliphatic carbocycles. The lowest BCUT2D eigenvalue weighted by Gasteiger charge is -2.23. The van der Waals surface area contributed by atoms with E-state index in [1.807, 2.05) is 25.1 Å². The molecule has 0 aromatic heterocycles. The second-order valence-corrected chi connectivity index (χ2v) is 8.73. The predicted molar refractivity (Wildman–Crippen MR) is 119 cm³/mol. The summed E-state index contributed by atoms with van der Waals surface area (Å²) in [5.74, 6) is 6.25. The number of benzene rings is 1. The van der Waals surface area contributed by atoms with Gasteiger partial charge in [0, 0.05) is 37.5 Å². The minimum Gasteiger partial charge on any atom is -0.486 e. The number of esters is 1. The molecular formula is C26H32O5. The molecule has 0 unspecified atom stereocenters. The molecular weight excluding hydrogens is 392 g/mol. The lowest BCUT2D eigenvalue weighted by molar-refractivity contribution is -0.140.